The van der Waals surface area contributed by atoms with Gasteiger partial charge in [0.15, 0.2) is 0 Å². The van der Waals surface area contributed by atoms with E-state index in [1.807, 2.05) is 11.0 Å². The Labute approximate surface area is 121 Å². The second kappa shape index (κ2) is 6.75. The summed E-state index contributed by atoms with van der Waals surface area (Å²) in [5.74, 6) is 1.19. The number of carbonyl (C=O) groups excluding carboxylic acids is 1. The van der Waals surface area contributed by atoms with Gasteiger partial charge >= 0.3 is 0 Å². The first kappa shape index (κ1) is 14.9. The molecule has 0 radical (unpaired) electrons. The lowest BCUT2D eigenvalue weighted by Crippen LogP contribution is -2.39. The minimum atomic E-state index is 0.280. The average Bonchev–Trinajstić information content (AvgIpc) is 2.82. The van der Waals surface area contributed by atoms with Crippen molar-refractivity contribution >= 4 is 5.91 Å². The van der Waals surface area contributed by atoms with Crippen molar-refractivity contribution in [2.24, 2.45) is 0 Å². The average molecular weight is 276 g/mol. The Morgan fingerprint density at radius 1 is 1.45 bits per heavy atom. The van der Waals surface area contributed by atoms with E-state index in [0.29, 0.717) is 6.42 Å². The maximum absolute atomic E-state index is 11.6. The largest absolute Gasteiger partial charge is 0.496 e. The number of hydrogen-bond donors (Lipinski definition) is 1. The van der Waals surface area contributed by atoms with Crippen molar-refractivity contribution in [3.05, 3.63) is 29.3 Å². The van der Waals surface area contributed by atoms with Crippen LogP contribution in [0, 0.1) is 6.92 Å². The van der Waals surface area contributed by atoms with E-state index < -0.39 is 0 Å². The van der Waals surface area contributed by atoms with E-state index in [-0.39, 0.29) is 11.9 Å². The molecule has 2 rings (SSSR count). The molecule has 1 unspecified atom stereocenters. The maximum Gasteiger partial charge on any atom is 0.222 e. The molecule has 1 aromatic carbocycles. The number of hydrogen-bond acceptors (Lipinski definition) is 3. The van der Waals surface area contributed by atoms with Gasteiger partial charge in [-0.15, -0.1) is 0 Å². The predicted molar refractivity (Wildman–Crippen MR) is 79.8 cm³/mol. The van der Waals surface area contributed by atoms with Crippen molar-refractivity contribution in [1.82, 2.24) is 10.2 Å². The highest BCUT2D eigenvalue weighted by atomic mass is 16.5. The fraction of sp³-hybridized carbons (Fsp3) is 0.562. The summed E-state index contributed by atoms with van der Waals surface area (Å²) in [4.78, 5) is 13.6. The Hall–Kier alpha value is -1.55. The van der Waals surface area contributed by atoms with Crippen molar-refractivity contribution in [1.29, 1.82) is 0 Å². The van der Waals surface area contributed by atoms with Crippen LogP contribution in [-0.4, -0.2) is 37.0 Å². The highest BCUT2D eigenvalue weighted by Crippen LogP contribution is 2.19. The Balaban J connectivity index is 1.88. The lowest BCUT2D eigenvalue weighted by molar-refractivity contribution is -0.127. The summed E-state index contributed by atoms with van der Waals surface area (Å²) in [6.45, 7) is 6.64. The zero-order valence-electron chi connectivity index (χ0n) is 12.6. The zero-order chi connectivity index (χ0) is 14.5. The fourth-order valence-corrected chi connectivity index (χ4v) is 2.62. The van der Waals surface area contributed by atoms with Crippen LogP contribution >= 0.6 is 0 Å². The molecule has 1 aliphatic rings. The first-order valence-corrected chi connectivity index (χ1v) is 7.25. The monoisotopic (exact) mass is 276 g/mol. The van der Waals surface area contributed by atoms with Gasteiger partial charge in [-0.3, -0.25) is 4.79 Å². The topological polar surface area (TPSA) is 41.6 Å². The summed E-state index contributed by atoms with van der Waals surface area (Å²) in [5, 5.41) is 3.47. The molecule has 1 aliphatic heterocycles. The molecule has 0 aliphatic carbocycles. The van der Waals surface area contributed by atoms with E-state index in [4.69, 9.17) is 4.74 Å². The second-order valence-electron chi connectivity index (χ2n) is 5.54. The SMILES string of the molecule is COc1ccc(C)cc1CNC(C)CN1CCCC1=O. The van der Waals surface area contributed by atoms with Crippen LogP contribution in [0.4, 0.5) is 0 Å². The van der Waals surface area contributed by atoms with E-state index >= 15 is 0 Å². The van der Waals surface area contributed by atoms with E-state index in [9.17, 15) is 4.79 Å². The molecule has 0 aromatic heterocycles. The summed E-state index contributed by atoms with van der Waals surface area (Å²) in [5.41, 5.74) is 2.39. The standard InChI is InChI=1S/C16H24N2O2/c1-12-6-7-15(20-3)14(9-12)10-17-13(2)11-18-8-4-5-16(18)19/h6-7,9,13,17H,4-5,8,10-11H2,1-3H3. The number of amides is 1. The molecule has 110 valence electrons. The molecule has 1 amide bonds. The molecule has 0 bridgehead atoms. The van der Waals surface area contributed by atoms with Gasteiger partial charge in [-0.1, -0.05) is 17.7 Å². The summed E-state index contributed by atoms with van der Waals surface area (Å²) in [7, 11) is 1.69. The first-order valence-electron chi connectivity index (χ1n) is 7.25. The van der Waals surface area contributed by atoms with Gasteiger partial charge in [-0.2, -0.15) is 0 Å². The molecule has 1 fully saturated rings. The molecule has 4 nitrogen and oxygen atoms in total. The van der Waals surface area contributed by atoms with Crippen LogP contribution in [0.15, 0.2) is 18.2 Å². The second-order valence-corrected chi connectivity index (χ2v) is 5.54. The Bertz CT molecular complexity index is 474. The summed E-state index contributed by atoms with van der Waals surface area (Å²) >= 11 is 0. The van der Waals surface area contributed by atoms with Gasteiger partial charge in [0, 0.05) is 37.7 Å². The Kier molecular flexibility index (Phi) is 5.01. The van der Waals surface area contributed by atoms with Crippen LogP contribution in [0.2, 0.25) is 0 Å². The van der Waals surface area contributed by atoms with Crippen LogP contribution in [0.3, 0.4) is 0 Å². The minimum Gasteiger partial charge on any atom is -0.496 e. The van der Waals surface area contributed by atoms with E-state index in [1.54, 1.807) is 7.11 Å². The van der Waals surface area contributed by atoms with Gasteiger partial charge in [-0.25, -0.2) is 0 Å². The van der Waals surface area contributed by atoms with Crippen LogP contribution in [0.1, 0.15) is 30.9 Å². The minimum absolute atomic E-state index is 0.280. The molecule has 1 heterocycles. The van der Waals surface area contributed by atoms with Crippen molar-refractivity contribution in [2.45, 2.75) is 39.3 Å². The summed E-state index contributed by atoms with van der Waals surface area (Å²) in [6.07, 6.45) is 1.70. The molecule has 1 aromatic rings. The Morgan fingerprint density at radius 2 is 2.25 bits per heavy atom. The van der Waals surface area contributed by atoms with Gasteiger partial charge < -0.3 is 15.0 Å². The van der Waals surface area contributed by atoms with Gasteiger partial charge in [-0.05, 0) is 26.3 Å². The number of methoxy groups -OCH3 is 1. The zero-order valence-corrected chi connectivity index (χ0v) is 12.6. The molecule has 0 spiro atoms. The maximum atomic E-state index is 11.6. The van der Waals surface area contributed by atoms with Crippen molar-refractivity contribution in [3.8, 4) is 5.75 Å². The number of benzene rings is 1. The normalized spacial score (nSPS) is 16.6. The number of ether oxygens (including phenoxy) is 1. The van der Waals surface area contributed by atoms with Crippen LogP contribution in [0.25, 0.3) is 0 Å². The molecular weight excluding hydrogens is 252 g/mol. The van der Waals surface area contributed by atoms with E-state index in [0.717, 1.165) is 37.4 Å². The number of carbonyl (C=O) groups is 1. The molecular formula is C16H24N2O2. The molecule has 1 atom stereocenters. The van der Waals surface area contributed by atoms with Crippen LogP contribution in [0.5, 0.6) is 5.75 Å². The molecule has 20 heavy (non-hydrogen) atoms. The highest BCUT2D eigenvalue weighted by Gasteiger charge is 2.21. The predicted octanol–water partition coefficient (Wildman–Crippen LogP) is 2.10. The lowest BCUT2D eigenvalue weighted by atomic mass is 10.1. The van der Waals surface area contributed by atoms with Crippen molar-refractivity contribution < 1.29 is 9.53 Å². The van der Waals surface area contributed by atoms with Crippen molar-refractivity contribution in [3.63, 3.8) is 0 Å². The Morgan fingerprint density at radius 3 is 2.90 bits per heavy atom. The number of likely N-dealkylation sites (tertiary alicyclic amines) is 1. The summed E-state index contributed by atoms with van der Waals surface area (Å²) in [6, 6.07) is 6.47. The van der Waals surface area contributed by atoms with Gasteiger partial charge in [0.1, 0.15) is 5.75 Å². The molecule has 1 N–H and O–H groups in total. The number of nitrogens with zero attached hydrogens (tertiary/aromatic N) is 1. The quantitative estimate of drug-likeness (QED) is 0.865. The molecule has 0 saturated carbocycles. The number of rotatable bonds is 6. The number of nitrogens with one attached hydrogen (secondary N) is 1. The first-order chi connectivity index (χ1) is 9.60. The third-order valence-electron chi connectivity index (χ3n) is 3.74. The van der Waals surface area contributed by atoms with Gasteiger partial charge in [0.2, 0.25) is 5.91 Å². The van der Waals surface area contributed by atoms with E-state index in [2.05, 4.69) is 31.3 Å². The number of aryl methyl sites for hydroxylation is 1. The molecule has 1 saturated heterocycles. The lowest BCUT2D eigenvalue weighted by Gasteiger charge is -2.22. The summed E-state index contributed by atoms with van der Waals surface area (Å²) < 4.78 is 5.38. The van der Waals surface area contributed by atoms with Gasteiger partial charge in [0.25, 0.3) is 0 Å². The van der Waals surface area contributed by atoms with Crippen molar-refractivity contribution in [2.75, 3.05) is 20.2 Å². The fourth-order valence-electron chi connectivity index (χ4n) is 2.62. The van der Waals surface area contributed by atoms with Crippen LogP contribution < -0.4 is 10.1 Å². The highest BCUT2D eigenvalue weighted by molar-refractivity contribution is 5.78. The van der Waals surface area contributed by atoms with Crippen LogP contribution in [-0.2, 0) is 11.3 Å². The molecule has 4 heteroatoms. The smallest absolute Gasteiger partial charge is 0.222 e. The van der Waals surface area contributed by atoms with E-state index in [1.165, 1.54) is 5.56 Å². The third kappa shape index (κ3) is 3.73. The van der Waals surface area contributed by atoms with Gasteiger partial charge in [0.05, 0.1) is 7.11 Å². The third-order valence-corrected chi connectivity index (χ3v) is 3.74.